The summed E-state index contributed by atoms with van der Waals surface area (Å²) >= 11 is 0. The number of aryl methyl sites for hydroxylation is 2. The van der Waals surface area contributed by atoms with Gasteiger partial charge in [-0.3, -0.25) is 9.48 Å². The molecule has 25 heavy (non-hydrogen) atoms. The van der Waals surface area contributed by atoms with E-state index in [1.807, 2.05) is 86.8 Å². The highest BCUT2D eigenvalue weighted by Gasteiger charge is 2.12. The van der Waals surface area contributed by atoms with Gasteiger partial charge in [-0.1, -0.05) is 60.7 Å². The van der Waals surface area contributed by atoms with E-state index in [0.29, 0.717) is 12.1 Å². The summed E-state index contributed by atoms with van der Waals surface area (Å²) in [6, 6.07) is 21.5. The van der Waals surface area contributed by atoms with Crippen LogP contribution >= 0.6 is 0 Å². The van der Waals surface area contributed by atoms with Crippen LogP contribution in [-0.2, 0) is 18.4 Å². The van der Waals surface area contributed by atoms with Gasteiger partial charge < -0.3 is 5.32 Å². The van der Waals surface area contributed by atoms with E-state index < -0.39 is 0 Å². The summed E-state index contributed by atoms with van der Waals surface area (Å²) in [6.07, 6.45) is 1.91. The molecular weight excluding hydrogens is 310 g/mol. The first kappa shape index (κ1) is 16.7. The smallest absolute Gasteiger partial charge is 0.252 e. The van der Waals surface area contributed by atoms with Gasteiger partial charge in [0.1, 0.15) is 0 Å². The molecule has 0 aliphatic heterocycles. The highest BCUT2D eigenvalue weighted by atomic mass is 16.1. The number of nitrogens with zero attached hydrogens (tertiary/aromatic N) is 2. The van der Waals surface area contributed by atoms with Crippen molar-refractivity contribution in [1.82, 2.24) is 15.1 Å². The summed E-state index contributed by atoms with van der Waals surface area (Å²) in [5.74, 6) is -0.113. The minimum absolute atomic E-state index is 0.113. The lowest BCUT2D eigenvalue weighted by molar-refractivity contribution is -0.115. The van der Waals surface area contributed by atoms with Gasteiger partial charge in [0.05, 0.1) is 12.2 Å². The predicted molar refractivity (Wildman–Crippen MR) is 101 cm³/mol. The van der Waals surface area contributed by atoms with Crippen molar-refractivity contribution in [1.29, 1.82) is 0 Å². The van der Waals surface area contributed by atoms with Gasteiger partial charge >= 0.3 is 0 Å². The molecule has 1 aromatic heterocycles. The van der Waals surface area contributed by atoms with Crippen molar-refractivity contribution >= 4 is 17.6 Å². The predicted octanol–water partition coefficient (Wildman–Crippen LogP) is 3.59. The molecule has 0 saturated carbocycles. The second-order valence-electron chi connectivity index (χ2n) is 5.92. The van der Waals surface area contributed by atoms with Crippen molar-refractivity contribution in [2.75, 3.05) is 0 Å². The third kappa shape index (κ3) is 4.23. The Morgan fingerprint density at radius 3 is 2.32 bits per heavy atom. The number of carbonyl (C=O) groups is 1. The average Bonchev–Trinajstić information content (AvgIpc) is 2.97. The Labute approximate surface area is 147 Å². The lowest BCUT2D eigenvalue weighted by atomic mass is 10.0. The molecule has 0 aliphatic carbocycles. The zero-order valence-corrected chi connectivity index (χ0v) is 14.4. The molecular formula is C21H21N3O. The lowest BCUT2D eigenvalue weighted by Gasteiger charge is -2.09. The van der Waals surface area contributed by atoms with Crippen LogP contribution in [0.2, 0.25) is 0 Å². The second kappa shape index (κ2) is 7.62. The summed E-state index contributed by atoms with van der Waals surface area (Å²) in [7, 11) is 1.89. The van der Waals surface area contributed by atoms with E-state index in [0.717, 1.165) is 22.5 Å². The number of carbonyl (C=O) groups excluding carboxylic acids is 1. The molecule has 4 nitrogen and oxygen atoms in total. The van der Waals surface area contributed by atoms with Gasteiger partial charge in [-0.05, 0) is 30.2 Å². The molecule has 1 amide bonds. The molecule has 1 N–H and O–H groups in total. The number of aromatic nitrogens is 2. The fourth-order valence-electron chi connectivity index (χ4n) is 2.60. The number of hydrogen-bond donors (Lipinski definition) is 1. The van der Waals surface area contributed by atoms with Crippen LogP contribution < -0.4 is 5.32 Å². The molecule has 2 aromatic carbocycles. The number of hydrogen-bond acceptors (Lipinski definition) is 2. The van der Waals surface area contributed by atoms with E-state index in [1.165, 1.54) is 0 Å². The van der Waals surface area contributed by atoms with E-state index in [9.17, 15) is 4.79 Å². The first-order valence-electron chi connectivity index (χ1n) is 8.23. The van der Waals surface area contributed by atoms with E-state index in [-0.39, 0.29) is 5.91 Å². The standard InChI is InChI=1S/C21H21N3O/c1-16-13-19(23-24(16)2)15-22-21(25)20(18-11-7-4-8-12-18)14-17-9-5-3-6-10-17/h3-14H,15H2,1-2H3,(H,22,25)/b20-14-. The molecule has 0 unspecified atom stereocenters. The maximum Gasteiger partial charge on any atom is 0.252 e. The maximum absolute atomic E-state index is 12.8. The molecule has 1 heterocycles. The maximum atomic E-state index is 12.8. The van der Waals surface area contributed by atoms with Crippen molar-refractivity contribution in [2.45, 2.75) is 13.5 Å². The van der Waals surface area contributed by atoms with Crippen LogP contribution in [0.15, 0.2) is 66.7 Å². The van der Waals surface area contributed by atoms with Crippen LogP contribution in [0.1, 0.15) is 22.5 Å². The first-order valence-corrected chi connectivity index (χ1v) is 8.23. The van der Waals surface area contributed by atoms with Gasteiger partial charge in [0.25, 0.3) is 5.91 Å². The lowest BCUT2D eigenvalue weighted by Crippen LogP contribution is -2.24. The Kier molecular flexibility index (Phi) is 5.09. The van der Waals surface area contributed by atoms with Crippen LogP contribution in [0.3, 0.4) is 0 Å². The topological polar surface area (TPSA) is 46.9 Å². The summed E-state index contributed by atoms with van der Waals surface area (Å²) in [5.41, 5.74) is 4.43. The number of benzene rings is 2. The number of rotatable bonds is 5. The highest BCUT2D eigenvalue weighted by molar-refractivity contribution is 6.24. The third-order valence-corrected chi connectivity index (χ3v) is 4.03. The zero-order valence-electron chi connectivity index (χ0n) is 14.4. The molecule has 4 heteroatoms. The van der Waals surface area contributed by atoms with Crippen LogP contribution in [0.4, 0.5) is 0 Å². The summed E-state index contributed by atoms with van der Waals surface area (Å²) in [4.78, 5) is 12.8. The molecule has 0 atom stereocenters. The largest absolute Gasteiger partial charge is 0.346 e. The van der Waals surface area contributed by atoms with Gasteiger partial charge in [-0.15, -0.1) is 0 Å². The van der Waals surface area contributed by atoms with E-state index >= 15 is 0 Å². The quantitative estimate of drug-likeness (QED) is 0.574. The minimum atomic E-state index is -0.113. The molecule has 3 rings (SSSR count). The van der Waals surface area contributed by atoms with E-state index in [4.69, 9.17) is 0 Å². The minimum Gasteiger partial charge on any atom is -0.346 e. The Morgan fingerprint density at radius 1 is 1.08 bits per heavy atom. The number of amides is 1. The Bertz CT molecular complexity index is 861. The molecule has 0 radical (unpaired) electrons. The van der Waals surface area contributed by atoms with Crippen LogP contribution in [0.5, 0.6) is 0 Å². The van der Waals surface area contributed by atoms with Crippen molar-refractivity contribution < 1.29 is 4.79 Å². The molecule has 0 spiro atoms. The van der Waals surface area contributed by atoms with Gasteiger partial charge in [0, 0.05) is 18.3 Å². The fraction of sp³-hybridized carbons (Fsp3) is 0.143. The summed E-state index contributed by atoms with van der Waals surface area (Å²) in [6.45, 7) is 2.39. The van der Waals surface area contributed by atoms with Crippen LogP contribution in [0, 0.1) is 6.92 Å². The normalized spacial score (nSPS) is 11.4. The Balaban J connectivity index is 1.84. The first-order chi connectivity index (χ1) is 12.1. The summed E-state index contributed by atoms with van der Waals surface area (Å²) in [5, 5.41) is 7.36. The van der Waals surface area contributed by atoms with Crippen molar-refractivity contribution in [3.63, 3.8) is 0 Å². The van der Waals surface area contributed by atoms with Gasteiger partial charge in [-0.2, -0.15) is 5.10 Å². The molecule has 126 valence electrons. The molecule has 0 aliphatic rings. The average molecular weight is 331 g/mol. The zero-order chi connectivity index (χ0) is 17.6. The fourth-order valence-corrected chi connectivity index (χ4v) is 2.60. The van der Waals surface area contributed by atoms with Crippen molar-refractivity contribution in [3.05, 3.63) is 89.2 Å². The van der Waals surface area contributed by atoms with Gasteiger partial charge in [0.15, 0.2) is 0 Å². The molecule has 0 bridgehead atoms. The second-order valence-corrected chi connectivity index (χ2v) is 5.92. The van der Waals surface area contributed by atoms with Crippen molar-refractivity contribution in [2.24, 2.45) is 7.05 Å². The monoisotopic (exact) mass is 331 g/mol. The SMILES string of the molecule is Cc1cc(CNC(=O)/C(=C\c2ccccc2)c2ccccc2)nn1C. The van der Waals surface area contributed by atoms with Gasteiger partial charge in [0.2, 0.25) is 0 Å². The number of nitrogens with one attached hydrogen (secondary N) is 1. The molecule has 0 fully saturated rings. The molecule has 0 saturated heterocycles. The van der Waals surface area contributed by atoms with Crippen LogP contribution in [0.25, 0.3) is 11.6 Å². The summed E-state index contributed by atoms with van der Waals surface area (Å²) < 4.78 is 1.80. The van der Waals surface area contributed by atoms with Crippen LogP contribution in [-0.4, -0.2) is 15.7 Å². The Hall–Kier alpha value is -3.14. The highest BCUT2D eigenvalue weighted by Crippen LogP contribution is 2.18. The van der Waals surface area contributed by atoms with E-state index in [1.54, 1.807) is 4.68 Å². The van der Waals surface area contributed by atoms with Gasteiger partial charge in [-0.25, -0.2) is 0 Å². The Morgan fingerprint density at radius 2 is 1.72 bits per heavy atom. The van der Waals surface area contributed by atoms with E-state index in [2.05, 4.69) is 10.4 Å². The van der Waals surface area contributed by atoms with Crippen molar-refractivity contribution in [3.8, 4) is 0 Å². The molecule has 3 aromatic rings. The third-order valence-electron chi connectivity index (χ3n) is 4.03.